The molecule has 2 N–H and O–H groups in total. The van der Waals surface area contributed by atoms with Crippen LogP contribution >= 0.6 is 0 Å². The highest BCUT2D eigenvalue weighted by atomic mass is 19.1. The Labute approximate surface area is 159 Å². The number of carbonyl (C=O) groups excluding carboxylic acids is 2. The molecule has 1 spiro atoms. The Kier molecular flexibility index (Phi) is 5.06. The van der Waals surface area contributed by atoms with E-state index < -0.39 is 17.3 Å². The zero-order valence-electron chi connectivity index (χ0n) is 16.4. The molecule has 1 aliphatic heterocycles. The van der Waals surface area contributed by atoms with Gasteiger partial charge in [0.15, 0.2) is 0 Å². The van der Waals surface area contributed by atoms with Crippen molar-refractivity contribution in [3.63, 3.8) is 0 Å². The largest absolute Gasteiger partial charge is 0.444 e. The molecule has 1 heterocycles. The molecule has 2 aliphatic rings. The van der Waals surface area contributed by atoms with Gasteiger partial charge in [-0.25, -0.2) is 9.18 Å². The summed E-state index contributed by atoms with van der Waals surface area (Å²) < 4.78 is 19.5. The molecule has 1 saturated carbocycles. The maximum Gasteiger partial charge on any atom is 0.410 e. The van der Waals surface area contributed by atoms with Gasteiger partial charge >= 0.3 is 6.09 Å². The van der Waals surface area contributed by atoms with Gasteiger partial charge in [0.05, 0.1) is 5.56 Å². The van der Waals surface area contributed by atoms with Crippen LogP contribution in [0.4, 0.5) is 14.9 Å². The second-order valence-electron chi connectivity index (χ2n) is 8.68. The predicted molar refractivity (Wildman–Crippen MR) is 101 cm³/mol. The van der Waals surface area contributed by atoms with Crippen molar-refractivity contribution < 1.29 is 18.7 Å². The molecule has 27 heavy (non-hydrogen) atoms. The van der Waals surface area contributed by atoms with Crippen LogP contribution in [0.1, 0.15) is 50.4 Å². The number of likely N-dealkylation sites (tertiary alicyclic amines) is 1. The summed E-state index contributed by atoms with van der Waals surface area (Å²) in [5, 5.41) is 5.75. The summed E-state index contributed by atoms with van der Waals surface area (Å²) in [7, 11) is 1.48. The molecule has 2 amide bonds. The van der Waals surface area contributed by atoms with Crippen molar-refractivity contribution in [3.05, 3.63) is 29.6 Å². The van der Waals surface area contributed by atoms with Gasteiger partial charge in [0.1, 0.15) is 11.4 Å². The van der Waals surface area contributed by atoms with Crippen molar-refractivity contribution in [2.24, 2.45) is 5.41 Å². The van der Waals surface area contributed by atoms with Gasteiger partial charge in [0.25, 0.3) is 5.91 Å². The van der Waals surface area contributed by atoms with Crippen LogP contribution in [0.25, 0.3) is 0 Å². The van der Waals surface area contributed by atoms with Crippen LogP contribution < -0.4 is 10.6 Å². The maximum absolute atomic E-state index is 14.1. The molecular formula is C20H28FN3O3. The second kappa shape index (κ2) is 7.02. The molecule has 1 aromatic carbocycles. The Morgan fingerprint density at radius 3 is 2.59 bits per heavy atom. The number of halogens is 1. The minimum atomic E-state index is -0.537. The molecule has 6 nitrogen and oxygen atoms in total. The summed E-state index contributed by atoms with van der Waals surface area (Å²) in [6.07, 6.45) is 2.59. The van der Waals surface area contributed by atoms with Crippen LogP contribution in [0.15, 0.2) is 18.2 Å². The lowest BCUT2D eigenvalue weighted by atomic mass is 9.65. The van der Waals surface area contributed by atoms with Crippen molar-refractivity contribution in [1.82, 2.24) is 10.2 Å². The fraction of sp³-hybridized carbons (Fsp3) is 0.600. The fourth-order valence-corrected chi connectivity index (χ4v) is 4.00. The van der Waals surface area contributed by atoms with Gasteiger partial charge in [-0.2, -0.15) is 0 Å². The summed E-state index contributed by atoms with van der Waals surface area (Å²) in [5.41, 5.74) is 0.357. The molecule has 2 fully saturated rings. The summed E-state index contributed by atoms with van der Waals surface area (Å²) >= 11 is 0. The standard InChI is InChI=1S/C20H28FN3O3/c1-19(2,3)27-18(26)24-8-7-20(12-24)10-14(11-20)23-13-5-6-15(16(21)9-13)17(25)22-4/h5-6,9,14,23H,7-8,10-12H2,1-4H3,(H,22,25). The number of nitrogens with zero attached hydrogens (tertiary/aromatic N) is 1. The Morgan fingerprint density at radius 2 is 2.00 bits per heavy atom. The van der Waals surface area contributed by atoms with E-state index in [0.29, 0.717) is 12.2 Å². The maximum atomic E-state index is 14.1. The van der Waals surface area contributed by atoms with Crippen molar-refractivity contribution in [2.45, 2.75) is 51.7 Å². The lowest BCUT2D eigenvalue weighted by Crippen LogP contribution is -2.47. The van der Waals surface area contributed by atoms with E-state index in [4.69, 9.17) is 4.74 Å². The van der Waals surface area contributed by atoms with Crippen LogP contribution in [-0.2, 0) is 4.74 Å². The van der Waals surface area contributed by atoms with E-state index in [-0.39, 0.29) is 23.1 Å². The van der Waals surface area contributed by atoms with Crippen molar-refractivity contribution in [1.29, 1.82) is 0 Å². The number of rotatable bonds is 3. The van der Waals surface area contributed by atoms with Crippen LogP contribution in [0.3, 0.4) is 0 Å². The molecule has 1 saturated heterocycles. The van der Waals surface area contributed by atoms with Gasteiger partial charge in [-0.1, -0.05) is 0 Å². The van der Waals surface area contributed by atoms with Crippen molar-refractivity contribution in [2.75, 3.05) is 25.5 Å². The zero-order chi connectivity index (χ0) is 19.8. The normalized spacial score (nSPS) is 24.5. The first-order valence-corrected chi connectivity index (χ1v) is 9.37. The number of amides is 2. The summed E-state index contributed by atoms with van der Waals surface area (Å²) in [6.45, 7) is 7.04. The summed E-state index contributed by atoms with van der Waals surface area (Å²) in [5.74, 6) is -0.972. The third-order valence-electron chi connectivity index (χ3n) is 5.26. The van der Waals surface area contributed by atoms with E-state index in [1.54, 1.807) is 11.0 Å². The number of nitrogens with one attached hydrogen (secondary N) is 2. The van der Waals surface area contributed by atoms with Gasteiger partial charge in [-0.15, -0.1) is 0 Å². The number of benzene rings is 1. The van der Waals surface area contributed by atoms with E-state index in [1.807, 2.05) is 20.8 Å². The monoisotopic (exact) mass is 377 g/mol. The Bertz CT molecular complexity index is 738. The van der Waals surface area contributed by atoms with E-state index in [2.05, 4.69) is 10.6 Å². The molecule has 148 valence electrons. The average Bonchev–Trinajstić information content (AvgIpc) is 2.98. The Balaban J connectivity index is 1.52. The first-order valence-electron chi connectivity index (χ1n) is 9.37. The molecular weight excluding hydrogens is 349 g/mol. The van der Waals surface area contributed by atoms with Crippen LogP contribution in [-0.4, -0.2) is 48.7 Å². The average molecular weight is 377 g/mol. The number of carbonyl (C=O) groups is 2. The third kappa shape index (κ3) is 4.34. The van der Waals surface area contributed by atoms with Crippen molar-refractivity contribution >= 4 is 17.7 Å². The van der Waals surface area contributed by atoms with Crippen LogP contribution in [0.5, 0.6) is 0 Å². The van der Waals surface area contributed by atoms with Gasteiger partial charge in [-0.05, 0) is 63.6 Å². The highest BCUT2D eigenvalue weighted by molar-refractivity contribution is 5.94. The van der Waals surface area contributed by atoms with E-state index in [9.17, 15) is 14.0 Å². The molecule has 7 heteroatoms. The Morgan fingerprint density at radius 1 is 1.30 bits per heavy atom. The second-order valence-corrected chi connectivity index (χ2v) is 8.68. The van der Waals surface area contributed by atoms with E-state index in [0.717, 1.165) is 25.8 Å². The minimum Gasteiger partial charge on any atom is -0.444 e. The van der Waals surface area contributed by atoms with Crippen molar-refractivity contribution in [3.8, 4) is 0 Å². The molecule has 0 aromatic heterocycles. The van der Waals surface area contributed by atoms with Crippen LogP contribution in [0.2, 0.25) is 0 Å². The smallest absolute Gasteiger partial charge is 0.410 e. The first kappa shape index (κ1) is 19.5. The highest BCUT2D eigenvalue weighted by Gasteiger charge is 2.50. The fourth-order valence-electron chi connectivity index (χ4n) is 4.00. The summed E-state index contributed by atoms with van der Waals surface area (Å²) in [4.78, 5) is 25.6. The lowest BCUT2D eigenvalue weighted by Gasteiger charge is -2.45. The zero-order valence-corrected chi connectivity index (χ0v) is 16.4. The number of ether oxygens (including phenoxy) is 1. The molecule has 0 unspecified atom stereocenters. The quantitative estimate of drug-likeness (QED) is 0.847. The SMILES string of the molecule is CNC(=O)c1ccc(NC2CC3(CCN(C(=O)OC(C)(C)C)C3)C2)cc1F. The highest BCUT2D eigenvalue weighted by Crippen LogP contribution is 2.49. The van der Waals surface area contributed by atoms with Gasteiger partial charge in [0.2, 0.25) is 0 Å². The summed E-state index contributed by atoms with van der Waals surface area (Å²) in [6, 6.07) is 4.82. The molecule has 1 aliphatic carbocycles. The number of hydrogen-bond donors (Lipinski definition) is 2. The van der Waals surface area contributed by atoms with E-state index >= 15 is 0 Å². The number of hydrogen-bond acceptors (Lipinski definition) is 4. The molecule has 0 atom stereocenters. The van der Waals surface area contributed by atoms with Gasteiger partial charge < -0.3 is 20.3 Å². The molecule has 3 rings (SSSR count). The molecule has 1 aromatic rings. The van der Waals surface area contributed by atoms with Gasteiger partial charge in [0, 0.05) is 31.9 Å². The molecule has 0 bridgehead atoms. The lowest BCUT2D eigenvalue weighted by molar-refractivity contribution is 0.0237. The number of anilines is 1. The van der Waals surface area contributed by atoms with Crippen LogP contribution in [0, 0.1) is 11.2 Å². The minimum absolute atomic E-state index is 0.0388. The molecule has 0 radical (unpaired) electrons. The Hall–Kier alpha value is -2.31. The topological polar surface area (TPSA) is 70.7 Å². The predicted octanol–water partition coefficient (Wildman–Crippen LogP) is 3.39. The first-order chi connectivity index (χ1) is 12.6. The third-order valence-corrected chi connectivity index (χ3v) is 5.26. The van der Waals surface area contributed by atoms with E-state index in [1.165, 1.54) is 19.2 Å². The van der Waals surface area contributed by atoms with Gasteiger partial charge in [-0.3, -0.25) is 4.79 Å².